The number of amides is 1. The number of nitrogens with zero attached hydrogens (tertiary/aromatic N) is 2. The summed E-state index contributed by atoms with van der Waals surface area (Å²) < 4.78 is 2.05. The molecule has 20 heavy (non-hydrogen) atoms. The molecule has 0 fully saturated rings. The third kappa shape index (κ3) is 4.71. The molecule has 8 heteroatoms. The third-order valence-corrected chi connectivity index (χ3v) is 2.71. The van der Waals surface area contributed by atoms with Gasteiger partial charge < -0.3 is 10.4 Å². The standard InChI is InChI=1S/C12H17N3O5/c1-14-10(17)5-7-15(12(14)20)8-9(16)13-6-3-2-4-11(18)19/h5,7H,2-4,6,8H2,1H3,(H,13,16)(H,18,19). The van der Waals surface area contributed by atoms with Crippen molar-refractivity contribution in [3.8, 4) is 0 Å². The fourth-order valence-electron chi connectivity index (χ4n) is 1.58. The van der Waals surface area contributed by atoms with Crippen LogP contribution in [0.5, 0.6) is 0 Å². The average molecular weight is 283 g/mol. The Morgan fingerprint density at radius 1 is 1.30 bits per heavy atom. The van der Waals surface area contributed by atoms with Gasteiger partial charge in [-0.1, -0.05) is 0 Å². The predicted octanol–water partition coefficient (Wildman–Crippen LogP) is -1.08. The first-order chi connectivity index (χ1) is 9.41. The van der Waals surface area contributed by atoms with Gasteiger partial charge in [0, 0.05) is 32.3 Å². The van der Waals surface area contributed by atoms with Crippen molar-refractivity contribution in [3.63, 3.8) is 0 Å². The molecule has 1 amide bonds. The Balaban J connectivity index is 2.44. The van der Waals surface area contributed by atoms with Gasteiger partial charge in [-0.2, -0.15) is 0 Å². The smallest absolute Gasteiger partial charge is 0.331 e. The largest absolute Gasteiger partial charge is 0.481 e. The van der Waals surface area contributed by atoms with Crippen LogP contribution in [-0.2, 0) is 23.2 Å². The topological polar surface area (TPSA) is 110 Å². The highest BCUT2D eigenvalue weighted by molar-refractivity contribution is 5.75. The number of aromatic nitrogens is 2. The lowest BCUT2D eigenvalue weighted by atomic mass is 10.2. The van der Waals surface area contributed by atoms with E-state index in [1.165, 1.54) is 19.3 Å². The van der Waals surface area contributed by atoms with Gasteiger partial charge >= 0.3 is 11.7 Å². The van der Waals surface area contributed by atoms with Crippen LogP contribution in [-0.4, -0.2) is 32.7 Å². The first-order valence-corrected chi connectivity index (χ1v) is 6.17. The maximum Gasteiger partial charge on any atom is 0.331 e. The number of carbonyl (C=O) groups is 2. The minimum absolute atomic E-state index is 0.0656. The van der Waals surface area contributed by atoms with Crippen LogP contribution in [0.3, 0.4) is 0 Å². The summed E-state index contributed by atoms with van der Waals surface area (Å²) in [7, 11) is 1.34. The van der Waals surface area contributed by atoms with Gasteiger partial charge in [-0.25, -0.2) is 4.79 Å². The summed E-state index contributed by atoms with van der Waals surface area (Å²) in [5, 5.41) is 11.0. The molecule has 0 unspecified atom stereocenters. The summed E-state index contributed by atoms with van der Waals surface area (Å²) in [5.41, 5.74) is -0.987. The molecule has 1 heterocycles. The van der Waals surface area contributed by atoms with E-state index in [0.29, 0.717) is 19.4 Å². The SMILES string of the molecule is Cn1c(=O)ccn(CC(=O)NCCCCC(=O)O)c1=O. The third-order valence-electron chi connectivity index (χ3n) is 2.71. The van der Waals surface area contributed by atoms with E-state index in [1.807, 2.05) is 0 Å². The number of hydrogen-bond acceptors (Lipinski definition) is 4. The normalized spacial score (nSPS) is 10.2. The molecule has 8 nitrogen and oxygen atoms in total. The van der Waals surface area contributed by atoms with E-state index in [2.05, 4.69) is 5.32 Å². The van der Waals surface area contributed by atoms with Crippen LogP contribution >= 0.6 is 0 Å². The molecule has 1 rings (SSSR count). The Hall–Kier alpha value is -2.38. The molecule has 0 aromatic carbocycles. The molecular weight excluding hydrogens is 266 g/mol. The summed E-state index contributed by atoms with van der Waals surface area (Å²) in [6.07, 6.45) is 2.38. The summed E-state index contributed by atoms with van der Waals surface area (Å²) in [6.45, 7) is 0.179. The van der Waals surface area contributed by atoms with E-state index in [4.69, 9.17) is 5.11 Å². The van der Waals surface area contributed by atoms with E-state index in [-0.39, 0.29) is 18.9 Å². The Kier molecular flexibility index (Phi) is 5.70. The second-order valence-corrected chi connectivity index (χ2v) is 4.32. The zero-order valence-electron chi connectivity index (χ0n) is 11.2. The Bertz CT molecular complexity index is 602. The molecule has 0 saturated heterocycles. The monoisotopic (exact) mass is 283 g/mol. The minimum Gasteiger partial charge on any atom is -0.481 e. The zero-order valence-corrected chi connectivity index (χ0v) is 11.2. The highest BCUT2D eigenvalue weighted by Crippen LogP contribution is 1.93. The van der Waals surface area contributed by atoms with Crippen molar-refractivity contribution < 1.29 is 14.7 Å². The molecule has 1 aromatic rings. The van der Waals surface area contributed by atoms with Crippen molar-refractivity contribution in [2.45, 2.75) is 25.8 Å². The molecular formula is C12H17N3O5. The molecule has 110 valence electrons. The van der Waals surface area contributed by atoms with Gasteiger partial charge in [0.1, 0.15) is 6.54 Å². The zero-order chi connectivity index (χ0) is 15.1. The molecule has 0 atom stereocenters. The highest BCUT2D eigenvalue weighted by atomic mass is 16.4. The van der Waals surface area contributed by atoms with Gasteiger partial charge in [-0.15, -0.1) is 0 Å². The Morgan fingerprint density at radius 2 is 2.00 bits per heavy atom. The quantitative estimate of drug-likeness (QED) is 0.618. The van der Waals surface area contributed by atoms with Crippen molar-refractivity contribution in [3.05, 3.63) is 33.1 Å². The second-order valence-electron chi connectivity index (χ2n) is 4.32. The van der Waals surface area contributed by atoms with E-state index >= 15 is 0 Å². The van der Waals surface area contributed by atoms with Crippen molar-refractivity contribution in [1.29, 1.82) is 0 Å². The molecule has 0 aliphatic carbocycles. The first kappa shape index (κ1) is 15.7. The molecule has 0 bridgehead atoms. The van der Waals surface area contributed by atoms with Crippen LogP contribution in [0.25, 0.3) is 0 Å². The lowest BCUT2D eigenvalue weighted by Crippen LogP contribution is -2.40. The maximum atomic E-state index is 11.7. The lowest BCUT2D eigenvalue weighted by molar-refractivity contribution is -0.137. The molecule has 0 spiro atoms. The summed E-state index contributed by atoms with van der Waals surface area (Å²) in [6, 6.07) is 1.21. The lowest BCUT2D eigenvalue weighted by Gasteiger charge is -2.07. The van der Waals surface area contributed by atoms with Gasteiger partial charge in [0.25, 0.3) is 5.56 Å². The molecule has 0 saturated carbocycles. The average Bonchev–Trinajstić information content (AvgIpc) is 2.39. The number of rotatable bonds is 7. The fourth-order valence-corrected chi connectivity index (χ4v) is 1.58. The number of aliphatic carboxylic acids is 1. The van der Waals surface area contributed by atoms with Crippen molar-refractivity contribution in [2.24, 2.45) is 7.05 Å². The number of carbonyl (C=O) groups excluding carboxylic acids is 1. The highest BCUT2D eigenvalue weighted by Gasteiger charge is 2.06. The Labute approximate surface area is 114 Å². The molecule has 0 radical (unpaired) electrons. The van der Waals surface area contributed by atoms with Gasteiger partial charge in [0.05, 0.1) is 0 Å². The van der Waals surface area contributed by atoms with Crippen molar-refractivity contribution >= 4 is 11.9 Å². The van der Waals surface area contributed by atoms with Gasteiger partial charge in [-0.05, 0) is 12.8 Å². The van der Waals surface area contributed by atoms with Crippen LogP contribution in [0.2, 0.25) is 0 Å². The van der Waals surface area contributed by atoms with E-state index in [1.54, 1.807) is 0 Å². The Morgan fingerprint density at radius 3 is 2.65 bits per heavy atom. The second kappa shape index (κ2) is 7.27. The fraction of sp³-hybridized carbons (Fsp3) is 0.500. The van der Waals surface area contributed by atoms with Gasteiger partial charge in [-0.3, -0.25) is 23.5 Å². The molecule has 1 aromatic heterocycles. The van der Waals surface area contributed by atoms with Crippen molar-refractivity contribution in [1.82, 2.24) is 14.5 Å². The summed E-state index contributed by atoms with van der Waals surface area (Å²) in [5.74, 6) is -1.23. The van der Waals surface area contributed by atoms with Gasteiger partial charge in [0.2, 0.25) is 5.91 Å². The predicted molar refractivity (Wildman–Crippen MR) is 70.4 cm³/mol. The van der Waals surface area contributed by atoms with Crippen molar-refractivity contribution in [2.75, 3.05) is 6.54 Å². The first-order valence-electron chi connectivity index (χ1n) is 6.17. The van der Waals surface area contributed by atoms with Crippen LogP contribution < -0.4 is 16.6 Å². The van der Waals surface area contributed by atoms with Gasteiger partial charge in [0.15, 0.2) is 0 Å². The number of nitrogens with one attached hydrogen (secondary N) is 1. The molecule has 2 N–H and O–H groups in total. The van der Waals surface area contributed by atoms with Crippen LogP contribution in [0.4, 0.5) is 0 Å². The number of carboxylic acids is 1. The number of carboxylic acid groups (broad SMARTS) is 1. The van der Waals surface area contributed by atoms with Crippen LogP contribution in [0.1, 0.15) is 19.3 Å². The van der Waals surface area contributed by atoms with E-state index in [9.17, 15) is 19.2 Å². The maximum absolute atomic E-state index is 11.7. The van der Waals surface area contributed by atoms with E-state index < -0.39 is 17.2 Å². The summed E-state index contributed by atoms with van der Waals surface area (Å²) >= 11 is 0. The van der Waals surface area contributed by atoms with Crippen LogP contribution in [0, 0.1) is 0 Å². The minimum atomic E-state index is -0.868. The molecule has 0 aliphatic rings. The number of unbranched alkanes of at least 4 members (excludes halogenated alkanes) is 1. The molecule has 0 aliphatic heterocycles. The summed E-state index contributed by atoms with van der Waals surface area (Å²) in [4.78, 5) is 44.7. The number of hydrogen-bond donors (Lipinski definition) is 2. The van der Waals surface area contributed by atoms with Crippen LogP contribution in [0.15, 0.2) is 21.9 Å². The van der Waals surface area contributed by atoms with E-state index in [0.717, 1.165) is 9.13 Å².